The van der Waals surface area contributed by atoms with E-state index in [0.29, 0.717) is 0 Å². The highest BCUT2D eigenvalue weighted by molar-refractivity contribution is 5.86. The van der Waals surface area contributed by atoms with Crippen LogP contribution in [0.25, 0.3) is 22.0 Å². The number of nitrogens with one attached hydrogen (secondary N) is 2. The largest absolute Gasteiger partial charge is 0.497 e. The van der Waals surface area contributed by atoms with E-state index in [1.165, 1.54) is 16.5 Å². The molecule has 0 aliphatic rings. The average molecular weight is 386 g/mol. The average Bonchev–Trinajstić information content (AvgIpc) is 3.25. The summed E-state index contributed by atoms with van der Waals surface area (Å²) in [6, 6.07) is 23.3. The fraction of sp³-hybridized carbons (Fsp3) is 0.200. The molecule has 0 aliphatic heterocycles. The normalized spacial score (nSPS) is 12.1. The summed E-state index contributed by atoms with van der Waals surface area (Å²) in [6.45, 7) is 2.93. The van der Waals surface area contributed by atoms with Gasteiger partial charge in [0.25, 0.3) is 0 Å². The zero-order chi connectivity index (χ0) is 20.2. The van der Waals surface area contributed by atoms with Gasteiger partial charge in [-0.2, -0.15) is 0 Å². The molecule has 4 heteroatoms. The molecule has 0 fully saturated rings. The predicted octanol–water partition coefficient (Wildman–Crippen LogP) is 5.70. The van der Waals surface area contributed by atoms with Gasteiger partial charge >= 0.3 is 0 Å². The molecule has 1 heterocycles. The van der Waals surface area contributed by atoms with Gasteiger partial charge in [-0.05, 0) is 71.5 Å². The van der Waals surface area contributed by atoms with Crippen LogP contribution in [0.15, 0.2) is 72.9 Å². The Morgan fingerprint density at radius 2 is 1.83 bits per heavy atom. The topological polar surface area (TPSA) is 46.3 Å². The maximum absolute atomic E-state index is 5.63. The lowest BCUT2D eigenvalue weighted by atomic mass is 10.00. The second kappa shape index (κ2) is 8.41. The van der Waals surface area contributed by atoms with Crippen molar-refractivity contribution >= 4 is 10.9 Å². The minimum Gasteiger partial charge on any atom is -0.497 e. The molecular formula is C25H26N2O2. The highest BCUT2D eigenvalue weighted by Crippen LogP contribution is 2.33. The maximum atomic E-state index is 5.63. The molecule has 4 rings (SSSR count). The summed E-state index contributed by atoms with van der Waals surface area (Å²) >= 11 is 0. The van der Waals surface area contributed by atoms with Crippen LogP contribution in [0.1, 0.15) is 24.1 Å². The van der Waals surface area contributed by atoms with Crippen LogP contribution in [0.4, 0.5) is 0 Å². The van der Waals surface area contributed by atoms with Crippen LogP contribution in [0.5, 0.6) is 11.5 Å². The third kappa shape index (κ3) is 4.13. The van der Waals surface area contributed by atoms with Crippen LogP contribution >= 0.6 is 0 Å². The number of hydrogen-bond acceptors (Lipinski definition) is 3. The van der Waals surface area contributed by atoms with E-state index < -0.39 is 0 Å². The van der Waals surface area contributed by atoms with Gasteiger partial charge in [0, 0.05) is 29.9 Å². The Morgan fingerprint density at radius 3 is 2.66 bits per heavy atom. The van der Waals surface area contributed by atoms with E-state index in [2.05, 4.69) is 65.8 Å². The molecule has 0 spiro atoms. The molecule has 0 saturated heterocycles. The Labute approximate surface area is 171 Å². The number of hydrogen-bond donors (Lipinski definition) is 2. The van der Waals surface area contributed by atoms with E-state index in [1.54, 1.807) is 14.2 Å². The number of rotatable bonds is 7. The van der Waals surface area contributed by atoms with Gasteiger partial charge in [-0.25, -0.2) is 0 Å². The molecule has 0 aliphatic carbocycles. The van der Waals surface area contributed by atoms with Crippen molar-refractivity contribution in [2.45, 2.75) is 19.5 Å². The summed E-state index contributed by atoms with van der Waals surface area (Å²) < 4.78 is 11.0. The Morgan fingerprint density at radius 1 is 0.931 bits per heavy atom. The van der Waals surface area contributed by atoms with Crippen molar-refractivity contribution in [1.29, 1.82) is 0 Å². The van der Waals surface area contributed by atoms with Crippen molar-refractivity contribution < 1.29 is 9.47 Å². The molecule has 3 aromatic carbocycles. The van der Waals surface area contributed by atoms with E-state index in [-0.39, 0.29) is 6.04 Å². The number of fused-ring (bicyclic) bond motifs is 1. The maximum Gasteiger partial charge on any atom is 0.126 e. The lowest BCUT2D eigenvalue weighted by molar-refractivity contribution is 0.413. The monoisotopic (exact) mass is 386 g/mol. The first kappa shape index (κ1) is 19.1. The molecule has 1 aromatic heterocycles. The molecule has 0 saturated carbocycles. The van der Waals surface area contributed by atoms with Gasteiger partial charge in [0.15, 0.2) is 0 Å². The quantitative estimate of drug-likeness (QED) is 0.428. The summed E-state index contributed by atoms with van der Waals surface area (Å²) in [5, 5.41) is 4.80. The minimum absolute atomic E-state index is 0.215. The summed E-state index contributed by atoms with van der Waals surface area (Å²) in [4.78, 5) is 3.24. The van der Waals surface area contributed by atoms with Gasteiger partial charge in [-0.15, -0.1) is 0 Å². The number of H-pyrrole nitrogens is 1. The van der Waals surface area contributed by atoms with E-state index in [4.69, 9.17) is 9.47 Å². The number of benzene rings is 3. The van der Waals surface area contributed by atoms with E-state index >= 15 is 0 Å². The van der Waals surface area contributed by atoms with E-state index in [0.717, 1.165) is 34.7 Å². The molecule has 0 bridgehead atoms. The fourth-order valence-electron chi connectivity index (χ4n) is 3.61. The van der Waals surface area contributed by atoms with Crippen molar-refractivity contribution in [2.75, 3.05) is 14.2 Å². The van der Waals surface area contributed by atoms with Crippen molar-refractivity contribution in [2.24, 2.45) is 0 Å². The predicted molar refractivity (Wildman–Crippen MR) is 119 cm³/mol. The van der Waals surface area contributed by atoms with Crippen LogP contribution in [0.2, 0.25) is 0 Å². The molecule has 1 atom stereocenters. The third-order valence-electron chi connectivity index (χ3n) is 5.33. The van der Waals surface area contributed by atoms with Crippen LogP contribution in [0.3, 0.4) is 0 Å². The first-order chi connectivity index (χ1) is 14.2. The first-order valence-electron chi connectivity index (χ1n) is 9.79. The molecule has 0 unspecified atom stereocenters. The molecule has 0 radical (unpaired) electrons. The molecule has 4 aromatic rings. The van der Waals surface area contributed by atoms with Crippen molar-refractivity contribution in [3.05, 3.63) is 84.1 Å². The lowest BCUT2D eigenvalue weighted by Crippen LogP contribution is -2.18. The molecule has 4 nitrogen and oxygen atoms in total. The highest BCUT2D eigenvalue weighted by atomic mass is 16.5. The van der Waals surface area contributed by atoms with Crippen LogP contribution < -0.4 is 14.8 Å². The number of aromatic nitrogens is 1. The van der Waals surface area contributed by atoms with E-state index in [9.17, 15) is 0 Å². The first-order valence-corrected chi connectivity index (χ1v) is 9.79. The van der Waals surface area contributed by atoms with Crippen LogP contribution in [-0.2, 0) is 6.54 Å². The Hall–Kier alpha value is -3.24. The van der Waals surface area contributed by atoms with Gasteiger partial charge in [0.2, 0.25) is 0 Å². The van der Waals surface area contributed by atoms with Crippen molar-refractivity contribution in [3.63, 3.8) is 0 Å². The van der Waals surface area contributed by atoms with Crippen molar-refractivity contribution in [1.82, 2.24) is 10.3 Å². The summed E-state index contributed by atoms with van der Waals surface area (Å²) in [7, 11) is 3.41. The van der Waals surface area contributed by atoms with E-state index in [1.807, 2.05) is 24.4 Å². The second-order valence-electron chi connectivity index (χ2n) is 7.19. The van der Waals surface area contributed by atoms with Gasteiger partial charge in [-0.1, -0.05) is 24.3 Å². The van der Waals surface area contributed by atoms with Gasteiger partial charge in [0.1, 0.15) is 11.5 Å². The summed E-state index contributed by atoms with van der Waals surface area (Å²) in [5.41, 5.74) is 5.80. The summed E-state index contributed by atoms with van der Waals surface area (Å²) in [6.07, 6.45) is 1.96. The molecule has 0 amide bonds. The second-order valence-corrected chi connectivity index (χ2v) is 7.19. The SMILES string of the molecule is COc1cccc([C@@H](C)NCc2ccc(OC)c(-c3ccc4[nH]ccc4c3)c2)c1. The Kier molecular flexibility index (Phi) is 5.54. The Balaban J connectivity index is 1.56. The van der Waals surface area contributed by atoms with Gasteiger partial charge in [-0.3, -0.25) is 0 Å². The molecule has 2 N–H and O–H groups in total. The third-order valence-corrected chi connectivity index (χ3v) is 5.33. The number of ether oxygens (including phenoxy) is 2. The van der Waals surface area contributed by atoms with Gasteiger partial charge in [0.05, 0.1) is 14.2 Å². The zero-order valence-corrected chi connectivity index (χ0v) is 17.0. The Bertz CT molecular complexity index is 1120. The fourth-order valence-corrected chi connectivity index (χ4v) is 3.61. The molecular weight excluding hydrogens is 360 g/mol. The van der Waals surface area contributed by atoms with Crippen LogP contribution in [0, 0.1) is 0 Å². The van der Waals surface area contributed by atoms with Crippen molar-refractivity contribution in [3.8, 4) is 22.6 Å². The summed E-state index contributed by atoms with van der Waals surface area (Å²) in [5.74, 6) is 1.76. The smallest absolute Gasteiger partial charge is 0.126 e. The lowest BCUT2D eigenvalue weighted by Gasteiger charge is -2.16. The molecule has 148 valence electrons. The van der Waals surface area contributed by atoms with Gasteiger partial charge < -0.3 is 19.8 Å². The number of methoxy groups -OCH3 is 2. The minimum atomic E-state index is 0.215. The van der Waals surface area contributed by atoms with Crippen LogP contribution in [-0.4, -0.2) is 19.2 Å². The standard InChI is InChI=1S/C25H26N2O2/c1-17(19-5-4-6-22(15-19)28-2)27-16-18-7-10-25(29-3)23(13-18)20-8-9-24-21(14-20)11-12-26-24/h4-15,17,26-27H,16H2,1-3H3/t17-/m1/s1. The zero-order valence-electron chi connectivity index (χ0n) is 17.0. The highest BCUT2D eigenvalue weighted by Gasteiger charge is 2.10. The molecule has 29 heavy (non-hydrogen) atoms. The number of aromatic amines is 1.